The first kappa shape index (κ1) is 9.21. The molecule has 0 aromatic heterocycles. The zero-order valence-electron chi connectivity index (χ0n) is 7.92. The van der Waals surface area contributed by atoms with Gasteiger partial charge in [-0.1, -0.05) is 24.3 Å². The molecule has 1 fully saturated rings. The molecule has 73 valence electrons. The number of hydrogen-bond acceptors (Lipinski definition) is 2. The van der Waals surface area contributed by atoms with Crippen LogP contribution in [0.4, 0.5) is 0 Å². The minimum Gasteiger partial charge on any atom is -0.351 e. The first-order valence-corrected chi connectivity index (χ1v) is 4.82. The summed E-state index contributed by atoms with van der Waals surface area (Å²) in [6.07, 6.45) is 0.953. The maximum atomic E-state index is 11.4. The molecule has 1 aliphatic rings. The SMILES string of the molecule is O=C(NCc1cc[c]cc1)[C@@H]1CCN1. The van der Waals surface area contributed by atoms with Gasteiger partial charge < -0.3 is 10.6 Å². The molecule has 1 aromatic rings. The molecule has 0 unspecified atom stereocenters. The van der Waals surface area contributed by atoms with E-state index >= 15 is 0 Å². The Bertz CT molecular complexity index is 306. The Hall–Kier alpha value is -1.35. The maximum Gasteiger partial charge on any atom is 0.237 e. The van der Waals surface area contributed by atoms with Crippen molar-refractivity contribution >= 4 is 5.91 Å². The van der Waals surface area contributed by atoms with Crippen molar-refractivity contribution in [3.63, 3.8) is 0 Å². The van der Waals surface area contributed by atoms with Crippen LogP contribution in [-0.4, -0.2) is 18.5 Å². The van der Waals surface area contributed by atoms with Gasteiger partial charge in [-0.05, 0) is 24.6 Å². The molecule has 2 N–H and O–H groups in total. The summed E-state index contributed by atoms with van der Waals surface area (Å²) in [5.41, 5.74) is 1.11. The average molecular weight is 189 g/mol. The molecule has 1 aromatic carbocycles. The van der Waals surface area contributed by atoms with Crippen LogP contribution in [0.25, 0.3) is 0 Å². The summed E-state index contributed by atoms with van der Waals surface area (Å²) in [5.74, 6) is 0.101. The van der Waals surface area contributed by atoms with Gasteiger partial charge in [-0.3, -0.25) is 4.79 Å². The van der Waals surface area contributed by atoms with Gasteiger partial charge in [0.15, 0.2) is 0 Å². The monoisotopic (exact) mass is 189 g/mol. The first-order valence-electron chi connectivity index (χ1n) is 4.82. The van der Waals surface area contributed by atoms with Crippen molar-refractivity contribution in [2.45, 2.75) is 19.0 Å². The van der Waals surface area contributed by atoms with Crippen molar-refractivity contribution in [1.29, 1.82) is 0 Å². The van der Waals surface area contributed by atoms with E-state index < -0.39 is 0 Å². The number of nitrogens with one attached hydrogen (secondary N) is 2. The highest BCUT2D eigenvalue weighted by Gasteiger charge is 2.23. The van der Waals surface area contributed by atoms with E-state index in [-0.39, 0.29) is 11.9 Å². The lowest BCUT2D eigenvalue weighted by atomic mass is 10.1. The van der Waals surface area contributed by atoms with Crippen LogP contribution in [0.2, 0.25) is 0 Å². The van der Waals surface area contributed by atoms with E-state index in [1.165, 1.54) is 0 Å². The number of amides is 1. The molecule has 0 saturated carbocycles. The summed E-state index contributed by atoms with van der Waals surface area (Å²) in [5, 5.41) is 5.95. The summed E-state index contributed by atoms with van der Waals surface area (Å²) >= 11 is 0. The Morgan fingerprint density at radius 2 is 2.29 bits per heavy atom. The Labute approximate surface area is 83.5 Å². The van der Waals surface area contributed by atoms with Crippen LogP contribution in [0.3, 0.4) is 0 Å². The number of hydrogen-bond donors (Lipinski definition) is 2. The molecule has 2 rings (SSSR count). The second kappa shape index (κ2) is 4.24. The summed E-state index contributed by atoms with van der Waals surface area (Å²) in [7, 11) is 0. The fourth-order valence-corrected chi connectivity index (χ4v) is 1.36. The number of benzene rings is 1. The molecule has 0 spiro atoms. The molecule has 14 heavy (non-hydrogen) atoms. The van der Waals surface area contributed by atoms with E-state index in [2.05, 4.69) is 16.7 Å². The lowest BCUT2D eigenvalue weighted by Crippen LogP contribution is -2.52. The summed E-state index contributed by atoms with van der Waals surface area (Å²) in [6.45, 7) is 1.56. The predicted octanol–water partition coefficient (Wildman–Crippen LogP) is 0.465. The largest absolute Gasteiger partial charge is 0.351 e. The Balaban J connectivity index is 1.79. The Morgan fingerprint density at radius 3 is 2.86 bits per heavy atom. The Kier molecular flexibility index (Phi) is 2.79. The lowest BCUT2D eigenvalue weighted by molar-refractivity contribution is -0.124. The van der Waals surface area contributed by atoms with Crippen LogP contribution in [0.1, 0.15) is 12.0 Å². The van der Waals surface area contributed by atoms with Crippen molar-refractivity contribution in [2.75, 3.05) is 6.54 Å². The van der Waals surface area contributed by atoms with E-state index in [0.29, 0.717) is 6.54 Å². The van der Waals surface area contributed by atoms with Gasteiger partial charge in [-0.15, -0.1) is 0 Å². The van der Waals surface area contributed by atoms with Crippen LogP contribution in [0.15, 0.2) is 24.3 Å². The molecule has 0 aliphatic carbocycles. The van der Waals surface area contributed by atoms with Crippen molar-refractivity contribution in [2.24, 2.45) is 0 Å². The summed E-state index contributed by atoms with van der Waals surface area (Å²) < 4.78 is 0. The Morgan fingerprint density at radius 1 is 1.57 bits per heavy atom. The summed E-state index contributed by atoms with van der Waals surface area (Å²) in [4.78, 5) is 11.4. The minimum atomic E-state index is 0.0327. The molecular weight excluding hydrogens is 176 g/mol. The van der Waals surface area contributed by atoms with E-state index in [1.807, 2.05) is 24.3 Å². The molecule has 1 aliphatic heterocycles. The van der Waals surface area contributed by atoms with E-state index in [1.54, 1.807) is 0 Å². The predicted molar refractivity (Wildman–Crippen MR) is 53.5 cm³/mol. The van der Waals surface area contributed by atoms with Crippen molar-refractivity contribution in [3.8, 4) is 0 Å². The standard InChI is InChI=1S/C11H13N2O/c14-11(10-6-7-12-10)13-8-9-4-2-1-3-5-9/h2-5,10,12H,6-8H2,(H,13,14)/t10-/m0/s1. The quantitative estimate of drug-likeness (QED) is 0.725. The van der Waals surface area contributed by atoms with Crippen LogP contribution in [-0.2, 0) is 11.3 Å². The molecule has 3 nitrogen and oxygen atoms in total. The van der Waals surface area contributed by atoms with Gasteiger partial charge in [0, 0.05) is 6.54 Å². The highest BCUT2D eigenvalue weighted by molar-refractivity contribution is 5.82. The smallest absolute Gasteiger partial charge is 0.237 e. The molecule has 3 heteroatoms. The van der Waals surface area contributed by atoms with E-state index in [4.69, 9.17) is 0 Å². The molecule has 1 atom stereocenters. The van der Waals surface area contributed by atoms with Gasteiger partial charge in [-0.2, -0.15) is 0 Å². The zero-order valence-corrected chi connectivity index (χ0v) is 7.92. The number of carbonyl (C=O) groups excluding carboxylic acids is 1. The number of carbonyl (C=O) groups is 1. The summed E-state index contributed by atoms with van der Waals surface area (Å²) in [6, 6.07) is 10.6. The zero-order chi connectivity index (χ0) is 9.80. The highest BCUT2D eigenvalue weighted by atomic mass is 16.2. The lowest BCUT2D eigenvalue weighted by Gasteiger charge is -2.26. The second-order valence-corrected chi connectivity index (χ2v) is 3.42. The van der Waals surface area contributed by atoms with Crippen molar-refractivity contribution in [1.82, 2.24) is 10.6 Å². The van der Waals surface area contributed by atoms with E-state index in [0.717, 1.165) is 18.5 Å². The molecular formula is C11H13N2O. The van der Waals surface area contributed by atoms with Gasteiger partial charge in [0.05, 0.1) is 6.04 Å². The van der Waals surface area contributed by atoms with E-state index in [9.17, 15) is 4.79 Å². The molecule has 1 radical (unpaired) electrons. The van der Waals surface area contributed by atoms with Gasteiger partial charge in [-0.25, -0.2) is 0 Å². The fraction of sp³-hybridized carbons (Fsp3) is 0.364. The normalized spacial score (nSPS) is 19.9. The van der Waals surface area contributed by atoms with Crippen LogP contribution in [0, 0.1) is 6.07 Å². The fourth-order valence-electron chi connectivity index (χ4n) is 1.36. The van der Waals surface area contributed by atoms with Crippen molar-refractivity contribution in [3.05, 3.63) is 35.9 Å². The first-order chi connectivity index (χ1) is 6.86. The number of rotatable bonds is 3. The molecule has 1 saturated heterocycles. The average Bonchev–Trinajstić information content (AvgIpc) is 2.14. The van der Waals surface area contributed by atoms with Crippen LogP contribution >= 0.6 is 0 Å². The third-order valence-corrected chi connectivity index (χ3v) is 2.39. The van der Waals surface area contributed by atoms with Crippen LogP contribution in [0.5, 0.6) is 0 Å². The molecule has 1 heterocycles. The maximum absolute atomic E-state index is 11.4. The minimum absolute atomic E-state index is 0.0327. The third-order valence-electron chi connectivity index (χ3n) is 2.39. The van der Waals surface area contributed by atoms with Gasteiger partial charge in [0.2, 0.25) is 5.91 Å². The van der Waals surface area contributed by atoms with Crippen molar-refractivity contribution < 1.29 is 4.79 Å². The van der Waals surface area contributed by atoms with Gasteiger partial charge >= 0.3 is 0 Å². The second-order valence-electron chi connectivity index (χ2n) is 3.42. The van der Waals surface area contributed by atoms with Gasteiger partial charge in [0.1, 0.15) is 0 Å². The highest BCUT2D eigenvalue weighted by Crippen LogP contribution is 2.02. The molecule has 1 amide bonds. The topological polar surface area (TPSA) is 41.1 Å². The molecule has 0 bridgehead atoms. The third kappa shape index (κ3) is 2.12. The van der Waals surface area contributed by atoms with Gasteiger partial charge in [0.25, 0.3) is 0 Å². The van der Waals surface area contributed by atoms with Crippen LogP contribution < -0.4 is 10.6 Å².